The summed E-state index contributed by atoms with van der Waals surface area (Å²) in [6.45, 7) is 0.293. The minimum Gasteiger partial charge on any atom is -0.494 e. The van der Waals surface area contributed by atoms with Crippen molar-refractivity contribution in [1.29, 1.82) is 0 Å². The van der Waals surface area contributed by atoms with Gasteiger partial charge in [0.15, 0.2) is 0 Å². The Bertz CT molecular complexity index is 453. The second-order valence-corrected chi connectivity index (χ2v) is 3.80. The highest BCUT2D eigenvalue weighted by atomic mass is 35.5. The summed E-state index contributed by atoms with van der Waals surface area (Å²) in [4.78, 5) is 20.8. The number of hydrogen-bond donors (Lipinski definition) is 2. The van der Waals surface area contributed by atoms with E-state index in [0.29, 0.717) is 18.8 Å². The molecule has 0 bridgehead atoms. The second-order valence-electron chi connectivity index (χ2n) is 3.39. The molecule has 3 N–H and O–H groups in total. The number of amides is 1. The van der Waals surface area contributed by atoms with Crippen LogP contribution in [0.2, 0.25) is 5.02 Å². The minimum absolute atomic E-state index is 0.0113. The number of carbonyl (C=O) groups excluding carboxylic acids is 1. The van der Waals surface area contributed by atoms with Crippen molar-refractivity contribution in [2.45, 2.75) is 12.8 Å². The molecule has 0 aliphatic heterocycles. The molecule has 0 spiro atoms. The number of nitrogens with two attached hydrogens (primary N) is 1. The zero-order valence-electron chi connectivity index (χ0n) is 9.39. The Labute approximate surface area is 108 Å². The Morgan fingerprint density at radius 2 is 2.28 bits per heavy atom. The Balaban J connectivity index is 2.46. The molecule has 0 heterocycles. The van der Waals surface area contributed by atoms with E-state index in [-0.39, 0.29) is 23.0 Å². The van der Waals surface area contributed by atoms with Crippen LogP contribution in [0.5, 0.6) is 5.75 Å². The predicted molar refractivity (Wildman–Crippen MR) is 65.2 cm³/mol. The monoisotopic (exact) mass is 273 g/mol. The summed E-state index contributed by atoms with van der Waals surface area (Å²) in [5.41, 5.74) is 1.83. The van der Waals surface area contributed by atoms with Crippen molar-refractivity contribution in [1.82, 2.24) is 5.43 Å². The summed E-state index contributed by atoms with van der Waals surface area (Å²) in [6, 6.07) is 4.08. The molecule has 8 heteroatoms. The van der Waals surface area contributed by atoms with Crippen molar-refractivity contribution < 1.29 is 14.5 Å². The molecule has 1 aromatic rings. The fraction of sp³-hybridized carbons (Fsp3) is 0.300. The first kappa shape index (κ1) is 14.2. The number of halogens is 1. The van der Waals surface area contributed by atoms with E-state index in [0.717, 1.165) is 0 Å². The molecule has 0 radical (unpaired) electrons. The van der Waals surface area contributed by atoms with Gasteiger partial charge in [0.1, 0.15) is 10.8 Å². The first-order chi connectivity index (χ1) is 8.54. The third-order valence-corrected chi connectivity index (χ3v) is 2.40. The summed E-state index contributed by atoms with van der Waals surface area (Å²) in [7, 11) is 0. The number of ether oxygens (including phenoxy) is 1. The van der Waals surface area contributed by atoms with E-state index in [1.807, 2.05) is 5.43 Å². The van der Waals surface area contributed by atoms with Gasteiger partial charge in [0, 0.05) is 18.6 Å². The average Bonchev–Trinajstić information content (AvgIpc) is 2.34. The molecule has 0 unspecified atom stereocenters. The Hall–Kier alpha value is -1.86. The minimum atomic E-state index is -0.572. The molecule has 0 aliphatic rings. The zero-order valence-corrected chi connectivity index (χ0v) is 10.1. The van der Waals surface area contributed by atoms with Gasteiger partial charge in [0.2, 0.25) is 5.91 Å². The van der Waals surface area contributed by atoms with Gasteiger partial charge in [-0.25, -0.2) is 5.84 Å². The van der Waals surface area contributed by atoms with Crippen molar-refractivity contribution in [2.24, 2.45) is 5.84 Å². The molecule has 1 amide bonds. The lowest BCUT2D eigenvalue weighted by Crippen LogP contribution is -2.29. The number of hydrazine groups is 1. The number of carbonyl (C=O) groups is 1. The number of benzene rings is 1. The lowest BCUT2D eigenvalue weighted by Gasteiger charge is -2.06. The van der Waals surface area contributed by atoms with Gasteiger partial charge in [-0.15, -0.1) is 0 Å². The smallest absolute Gasteiger partial charge is 0.288 e. The molecule has 18 heavy (non-hydrogen) atoms. The quantitative estimate of drug-likeness (QED) is 0.268. The summed E-state index contributed by atoms with van der Waals surface area (Å²) < 4.78 is 5.29. The maximum atomic E-state index is 10.8. The lowest BCUT2D eigenvalue weighted by molar-refractivity contribution is -0.384. The fourth-order valence-corrected chi connectivity index (χ4v) is 1.46. The highest BCUT2D eigenvalue weighted by Gasteiger charge is 2.12. The molecule has 98 valence electrons. The van der Waals surface area contributed by atoms with Crippen LogP contribution in [-0.2, 0) is 4.79 Å². The molecule has 0 fully saturated rings. The van der Waals surface area contributed by atoms with E-state index >= 15 is 0 Å². The van der Waals surface area contributed by atoms with Gasteiger partial charge in [-0.3, -0.25) is 20.3 Å². The fourth-order valence-electron chi connectivity index (χ4n) is 1.22. The van der Waals surface area contributed by atoms with Crippen molar-refractivity contribution in [3.05, 3.63) is 33.3 Å². The summed E-state index contributed by atoms with van der Waals surface area (Å²) in [6.07, 6.45) is 0.731. The van der Waals surface area contributed by atoms with Crippen LogP contribution in [0.3, 0.4) is 0 Å². The Kier molecular flexibility index (Phi) is 5.34. The average molecular weight is 274 g/mol. The zero-order chi connectivity index (χ0) is 13.5. The van der Waals surface area contributed by atoms with Gasteiger partial charge in [0.05, 0.1) is 11.5 Å². The van der Waals surface area contributed by atoms with E-state index in [1.165, 1.54) is 18.2 Å². The highest BCUT2D eigenvalue weighted by Crippen LogP contribution is 2.28. The van der Waals surface area contributed by atoms with Crippen LogP contribution in [0.1, 0.15) is 12.8 Å². The van der Waals surface area contributed by atoms with Crippen molar-refractivity contribution in [3.8, 4) is 5.75 Å². The third kappa shape index (κ3) is 4.19. The largest absolute Gasteiger partial charge is 0.494 e. The standard InChI is InChI=1S/C10H12ClN3O4/c11-8-6-7(3-4-9(8)14(16)17)18-5-1-2-10(15)13-12/h3-4,6H,1-2,5,12H2,(H,13,15). The van der Waals surface area contributed by atoms with Crippen LogP contribution < -0.4 is 16.0 Å². The molecule has 1 rings (SSSR count). The van der Waals surface area contributed by atoms with E-state index in [1.54, 1.807) is 0 Å². The molecule has 1 aromatic carbocycles. The molecule has 0 saturated heterocycles. The molecule has 0 aromatic heterocycles. The number of hydrogen-bond acceptors (Lipinski definition) is 5. The molecular weight excluding hydrogens is 262 g/mol. The molecular formula is C10H12ClN3O4. The van der Waals surface area contributed by atoms with Gasteiger partial charge < -0.3 is 4.74 Å². The lowest BCUT2D eigenvalue weighted by atomic mass is 10.3. The summed E-state index contributed by atoms with van der Waals surface area (Å²) >= 11 is 5.71. The molecule has 7 nitrogen and oxygen atoms in total. The van der Waals surface area contributed by atoms with Crippen LogP contribution in [0, 0.1) is 10.1 Å². The van der Waals surface area contributed by atoms with Gasteiger partial charge in [-0.1, -0.05) is 11.6 Å². The third-order valence-electron chi connectivity index (χ3n) is 2.09. The summed E-state index contributed by atoms with van der Waals surface area (Å²) in [5, 5.41) is 10.5. The van der Waals surface area contributed by atoms with Crippen LogP contribution in [0.15, 0.2) is 18.2 Å². The van der Waals surface area contributed by atoms with E-state index in [2.05, 4.69) is 0 Å². The number of nitrogens with one attached hydrogen (secondary N) is 1. The van der Waals surface area contributed by atoms with Gasteiger partial charge >= 0.3 is 0 Å². The van der Waals surface area contributed by atoms with Crippen LogP contribution in [0.4, 0.5) is 5.69 Å². The first-order valence-electron chi connectivity index (χ1n) is 5.10. The van der Waals surface area contributed by atoms with Crippen molar-refractivity contribution in [3.63, 3.8) is 0 Å². The van der Waals surface area contributed by atoms with Crippen LogP contribution >= 0.6 is 11.6 Å². The maximum Gasteiger partial charge on any atom is 0.288 e. The number of rotatable bonds is 6. The maximum absolute atomic E-state index is 10.8. The van der Waals surface area contributed by atoms with Crippen molar-refractivity contribution >= 4 is 23.2 Å². The summed E-state index contributed by atoms with van der Waals surface area (Å²) in [5.74, 6) is 5.05. The van der Waals surface area contributed by atoms with Crippen molar-refractivity contribution in [2.75, 3.05) is 6.61 Å². The number of nitro groups is 1. The second kappa shape index (κ2) is 6.77. The SMILES string of the molecule is NNC(=O)CCCOc1ccc([N+](=O)[O-])c(Cl)c1. The predicted octanol–water partition coefficient (Wildman–Crippen LogP) is 1.40. The van der Waals surface area contributed by atoms with Crippen LogP contribution in [0.25, 0.3) is 0 Å². The molecule has 0 aliphatic carbocycles. The van der Waals surface area contributed by atoms with E-state index < -0.39 is 4.92 Å². The van der Waals surface area contributed by atoms with E-state index in [9.17, 15) is 14.9 Å². The topological polar surface area (TPSA) is 107 Å². The van der Waals surface area contributed by atoms with E-state index in [4.69, 9.17) is 22.2 Å². The van der Waals surface area contributed by atoms with Gasteiger partial charge in [-0.2, -0.15) is 0 Å². The van der Waals surface area contributed by atoms with Gasteiger partial charge in [-0.05, 0) is 12.5 Å². The number of nitro benzene ring substituents is 1. The highest BCUT2D eigenvalue weighted by molar-refractivity contribution is 6.32. The first-order valence-corrected chi connectivity index (χ1v) is 5.48. The van der Waals surface area contributed by atoms with Crippen LogP contribution in [-0.4, -0.2) is 17.4 Å². The number of nitrogens with zero attached hydrogens (tertiary/aromatic N) is 1. The Morgan fingerprint density at radius 3 is 2.83 bits per heavy atom. The normalized spacial score (nSPS) is 9.89. The van der Waals surface area contributed by atoms with Gasteiger partial charge in [0.25, 0.3) is 5.69 Å². The molecule has 0 saturated carbocycles. The molecule has 0 atom stereocenters. The Morgan fingerprint density at radius 1 is 1.56 bits per heavy atom.